The maximum atomic E-state index is 12.4. The van der Waals surface area contributed by atoms with Crippen LogP contribution in [-0.4, -0.2) is 26.6 Å². The first-order chi connectivity index (χ1) is 12.3. The largest absolute Gasteiger partial charge is 0.322 e. The maximum Gasteiger partial charge on any atom is 0.251 e. The monoisotopic (exact) mass is 390 g/mol. The van der Waals surface area contributed by atoms with E-state index in [9.17, 15) is 13.2 Å². The standard InChI is InChI=1S/C19H19ClN2O3S/c1-14(12-15-6-8-16(20)9-7-15)19(23)21-17-4-2-5-18(13-17)22-10-3-11-26(22,24)25/h2,4-9,12-13H,3,10-11H2,1H3,(H,21,23)/b14-12+. The van der Waals surface area contributed by atoms with Crippen molar-refractivity contribution in [1.29, 1.82) is 0 Å². The minimum absolute atomic E-state index is 0.159. The van der Waals surface area contributed by atoms with Gasteiger partial charge in [-0.25, -0.2) is 8.42 Å². The van der Waals surface area contributed by atoms with Crippen LogP contribution in [0, 0.1) is 0 Å². The van der Waals surface area contributed by atoms with E-state index < -0.39 is 10.0 Å². The van der Waals surface area contributed by atoms with E-state index in [4.69, 9.17) is 11.6 Å². The number of anilines is 2. The highest BCUT2D eigenvalue weighted by atomic mass is 35.5. The maximum absolute atomic E-state index is 12.4. The molecule has 3 rings (SSSR count). The Hall–Kier alpha value is -2.31. The van der Waals surface area contributed by atoms with Crippen molar-refractivity contribution in [2.24, 2.45) is 0 Å². The number of rotatable bonds is 4. The Morgan fingerprint density at radius 1 is 1.19 bits per heavy atom. The van der Waals surface area contributed by atoms with Crippen LogP contribution in [0.5, 0.6) is 0 Å². The number of sulfonamides is 1. The molecule has 0 aromatic heterocycles. The van der Waals surface area contributed by atoms with Crippen molar-refractivity contribution in [1.82, 2.24) is 0 Å². The van der Waals surface area contributed by atoms with Crippen LogP contribution in [0.1, 0.15) is 18.9 Å². The summed E-state index contributed by atoms with van der Waals surface area (Å²) in [6.07, 6.45) is 2.38. The number of amides is 1. The minimum atomic E-state index is -3.25. The molecule has 0 spiro atoms. The fraction of sp³-hybridized carbons (Fsp3) is 0.211. The van der Waals surface area contributed by atoms with Crippen molar-refractivity contribution < 1.29 is 13.2 Å². The molecule has 5 nitrogen and oxygen atoms in total. The van der Waals surface area contributed by atoms with Crippen LogP contribution in [0.4, 0.5) is 11.4 Å². The van der Waals surface area contributed by atoms with Crippen LogP contribution in [-0.2, 0) is 14.8 Å². The van der Waals surface area contributed by atoms with E-state index in [0.717, 1.165) is 5.56 Å². The Morgan fingerprint density at radius 2 is 1.92 bits per heavy atom. The average molecular weight is 391 g/mol. The number of nitrogens with one attached hydrogen (secondary N) is 1. The summed E-state index contributed by atoms with van der Waals surface area (Å²) in [7, 11) is -3.25. The van der Waals surface area contributed by atoms with Gasteiger partial charge in [0.25, 0.3) is 5.91 Å². The van der Waals surface area contributed by atoms with Crippen LogP contribution < -0.4 is 9.62 Å². The van der Waals surface area contributed by atoms with Gasteiger partial charge in [-0.05, 0) is 55.3 Å². The summed E-state index contributed by atoms with van der Waals surface area (Å²) in [5.41, 5.74) is 2.53. The highest BCUT2D eigenvalue weighted by Crippen LogP contribution is 2.26. The third-order valence-electron chi connectivity index (χ3n) is 4.10. The Labute approximate surface area is 158 Å². The highest BCUT2D eigenvalue weighted by Gasteiger charge is 2.28. The van der Waals surface area contributed by atoms with Crippen molar-refractivity contribution >= 4 is 45.0 Å². The lowest BCUT2D eigenvalue weighted by atomic mass is 10.1. The van der Waals surface area contributed by atoms with Crippen molar-refractivity contribution in [2.45, 2.75) is 13.3 Å². The van der Waals surface area contributed by atoms with Gasteiger partial charge in [0.05, 0.1) is 11.4 Å². The van der Waals surface area contributed by atoms with Gasteiger partial charge in [0.2, 0.25) is 10.0 Å². The molecule has 1 fully saturated rings. The van der Waals surface area contributed by atoms with Crippen LogP contribution in [0.15, 0.2) is 54.1 Å². The lowest BCUT2D eigenvalue weighted by molar-refractivity contribution is -0.112. The van der Waals surface area contributed by atoms with Crippen molar-refractivity contribution in [3.05, 3.63) is 64.7 Å². The predicted octanol–water partition coefficient (Wildman–Crippen LogP) is 3.92. The molecule has 0 saturated carbocycles. The van der Waals surface area contributed by atoms with Gasteiger partial charge in [-0.3, -0.25) is 9.10 Å². The topological polar surface area (TPSA) is 66.5 Å². The molecule has 26 heavy (non-hydrogen) atoms. The minimum Gasteiger partial charge on any atom is -0.322 e. The summed E-state index contributed by atoms with van der Waals surface area (Å²) in [5.74, 6) is -0.0895. The quantitative estimate of drug-likeness (QED) is 0.804. The first-order valence-electron chi connectivity index (χ1n) is 8.21. The zero-order chi connectivity index (χ0) is 18.7. The van der Waals surface area contributed by atoms with Crippen LogP contribution in [0.3, 0.4) is 0 Å². The van der Waals surface area contributed by atoms with Crippen molar-refractivity contribution in [3.63, 3.8) is 0 Å². The third-order valence-corrected chi connectivity index (χ3v) is 6.22. The van der Waals surface area contributed by atoms with Gasteiger partial charge in [0, 0.05) is 22.8 Å². The molecule has 1 N–H and O–H groups in total. The Morgan fingerprint density at radius 3 is 2.58 bits per heavy atom. The molecule has 0 radical (unpaired) electrons. The molecule has 1 aliphatic heterocycles. The van der Waals surface area contributed by atoms with Gasteiger partial charge < -0.3 is 5.32 Å². The fourth-order valence-corrected chi connectivity index (χ4v) is 4.45. The molecule has 1 heterocycles. The smallest absolute Gasteiger partial charge is 0.251 e. The molecular formula is C19H19ClN2O3S. The number of hydrogen-bond acceptors (Lipinski definition) is 3. The lowest BCUT2D eigenvalue weighted by Gasteiger charge is -2.17. The van der Waals surface area contributed by atoms with Crippen molar-refractivity contribution in [3.8, 4) is 0 Å². The highest BCUT2D eigenvalue weighted by molar-refractivity contribution is 7.93. The molecule has 0 atom stereocenters. The van der Waals surface area contributed by atoms with Gasteiger partial charge in [0.15, 0.2) is 0 Å². The van der Waals surface area contributed by atoms with E-state index in [-0.39, 0.29) is 11.7 Å². The molecule has 0 bridgehead atoms. The lowest BCUT2D eigenvalue weighted by Crippen LogP contribution is -2.25. The third kappa shape index (κ3) is 4.26. The number of halogens is 1. The van der Waals surface area contributed by atoms with Gasteiger partial charge >= 0.3 is 0 Å². The molecule has 2 aromatic carbocycles. The first-order valence-corrected chi connectivity index (χ1v) is 10.2. The second-order valence-corrected chi connectivity index (χ2v) is 8.57. The molecule has 0 aliphatic carbocycles. The molecule has 0 unspecified atom stereocenters. The summed E-state index contributed by atoms with van der Waals surface area (Å²) in [6, 6.07) is 14.1. The molecule has 2 aromatic rings. The SMILES string of the molecule is C/C(=C\c1ccc(Cl)cc1)C(=O)Nc1cccc(N2CCCS2(=O)=O)c1. The Kier molecular flexibility index (Phi) is 5.34. The van der Waals surface area contributed by atoms with E-state index in [0.29, 0.717) is 34.9 Å². The molecule has 1 aliphatic rings. The van der Waals surface area contributed by atoms with Gasteiger partial charge in [-0.2, -0.15) is 0 Å². The Bertz CT molecular complexity index is 953. The Balaban J connectivity index is 1.75. The van der Waals surface area contributed by atoms with E-state index in [1.807, 2.05) is 12.1 Å². The molecule has 136 valence electrons. The number of benzene rings is 2. The molecule has 1 amide bonds. The van der Waals surface area contributed by atoms with Crippen molar-refractivity contribution in [2.75, 3.05) is 21.9 Å². The summed E-state index contributed by atoms with van der Waals surface area (Å²) in [6.45, 7) is 2.19. The van der Waals surface area contributed by atoms with Crippen LogP contribution in [0.2, 0.25) is 5.02 Å². The summed E-state index contributed by atoms with van der Waals surface area (Å²) < 4.78 is 25.5. The zero-order valence-corrected chi connectivity index (χ0v) is 15.8. The number of hydrogen-bond donors (Lipinski definition) is 1. The second-order valence-electron chi connectivity index (χ2n) is 6.13. The first kappa shape index (κ1) is 18.5. The molecule has 7 heteroatoms. The van der Waals surface area contributed by atoms with Gasteiger partial charge in [-0.1, -0.05) is 29.8 Å². The number of nitrogens with zero attached hydrogens (tertiary/aromatic N) is 1. The predicted molar refractivity (Wildman–Crippen MR) is 106 cm³/mol. The summed E-state index contributed by atoms with van der Waals surface area (Å²) in [5, 5.41) is 3.45. The van der Waals surface area contributed by atoms with Gasteiger partial charge in [0.1, 0.15) is 0 Å². The number of carbonyl (C=O) groups excluding carboxylic acids is 1. The molecular weight excluding hydrogens is 372 g/mol. The van der Waals surface area contributed by atoms with E-state index in [1.54, 1.807) is 49.4 Å². The van der Waals surface area contributed by atoms with Gasteiger partial charge in [-0.15, -0.1) is 0 Å². The van der Waals surface area contributed by atoms with Crippen LogP contribution in [0.25, 0.3) is 6.08 Å². The summed E-state index contributed by atoms with van der Waals surface area (Å²) >= 11 is 5.86. The normalized spacial score (nSPS) is 16.5. The zero-order valence-electron chi connectivity index (χ0n) is 14.3. The van der Waals surface area contributed by atoms with Crippen LogP contribution >= 0.6 is 11.6 Å². The summed E-state index contributed by atoms with van der Waals surface area (Å²) in [4.78, 5) is 12.4. The average Bonchev–Trinajstić information content (AvgIpc) is 2.96. The second kappa shape index (κ2) is 7.51. The fourth-order valence-electron chi connectivity index (χ4n) is 2.77. The molecule has 1 saturated heterocycles. The number of carbonyl (C=O) groups is 1. The van der Waals surface area contributed by atoms with E-state index >= 15 is 0 Å². The van der Waals surface area contributed by atoms with E-state index in [1.165, 1.54) is 4.31 Å². The van der Waals surface area contributed by atoms with E-state index in [2.05, 4.69) is 5.32 Å².